The summed E-state index contributed by atoms with van der Waals surface area (Å²) in [6, 6.07) is 10.0. The summed E-state index contributed by atoms with van der Waals surface area (Å²) in [7, 11) is -4.12. The second-order valence-corrected chi connectivity index (χ2v) is 7.63. The molecule has 1 unspecified atom stereocenters. The molecule has 0 fully saturated rings. The van der Waals surface area contributed by atoms with Crippen molar-refractivity contribution in [2.45, 2.75) is 19.1 Å². The van der Waals surface area contributed by atoms with Gasteiger partial charge in [0.25, 0.3) is 11.6 Å². The third-order valence-electron chi connectivity index (χ3n) is 3.92. The van der Waals surface area contributed by atoms with E-state index in [2.05, 4.69) is 5.09 Å². The maximum absolute atomic E-state index is 13.1. The SMILES string of the molecule is C[C@H](OC(=O)[C@H]1NP(=O)(Oc2ccccc2)Oc2ccc([N+](=O)[O-])cc21)C(N)=O. The fraction of sp³-hybridized carbons (Fsp3) is 0.176. The number of nitrogens with two attached hydrogens (primary N) is 1. The third kappa shape index (κ3) is 4.53. The number of carbonyl (C=O) groups excluding carboxylic acids is 2. The lowest BCUT2D eigenvalue weighted by Gasteiger charge is -2.31. The van der Waals surface area contributed by atoms with Gasteiger partial charge < -0.3 is 19.5 Å². The van der Waals surface area contributed by atoms with Gasteiger partial charge in [-0.25, -0.2) is 9.36 Å². The lowest BCUT2D eigenvalue weighted by Crippen LogP contribution is -2.38. The van der Waals surface area contributed by atoms with Gasteiger partial charge in [-0.3, -0.25) is 14.9 Å². The number of benzene rings is 2. The van der Waals surface area contributed by atoms with Gasteiger partial charge in [0.15, 0.2) is 6.10 Å². The highest BCUT2D eigenvalue weighted by Crippen LogP contribution is 2.53. The van der Waals surface area contributed by atoms with E-state index >= 15 is 0 Å². The van der Waals surface area contributed by atoms with Gasteiger partial charge in [-0.2, -0.15) is 5.09 Å². The number of ether oxygens (including phenoxy) is 1. The van der Waals surface area contributed by atoms with E-state index in [0.29, 0.717) is 0 Å². The number of nitro benzene ring substituents is 1. The van der Waals surface area contributed by atoms with E-state index in [4.69, 9.17) is 19.5 Å². The van der Waals surface area contributed by atoms with E-state index in [9.17, 15) is 24.3 Å². The number of hydrogen-bond donors (Lipinski definition) is 2. The summed E-state index contributed by atoms with van der Waals surface area (Å²) >= 11 is 0. The average molecular weight is 421 g/mol. The summed E-state index contributed by atoms with van der Waals surface area (Å²) in [6.45, 7) is 1.26. The average Bonchev–Trinajstić information content (AvgIpc) is 2.67. The van der Waals surface area contributed by atoms with Crippen LogP contribution in [0.15, 0.2) is 48.5 Å². The van der Waals surface area contributed by atoms with E-state index in [-0.39, 0.29) is 22.7 Å². The van der Waals surface area contributed by atoms with Gasteiger partial charge in [0, 0.05) is 17.7 Å². The number of nitrogens with zero attached hydrogens (tertiary/aromatic N) is 1. The normalized spacial score (nSPS) is 21.2. The number of hydrogen-bond acceptors (Lipinski definition) is 8. The lowest BCUT2D eigenvalue weighted by atomic mass is 10.1. The molecule has 1 aliphatic heterocycles. The topological polar surface area (TPSA) is 160 Å². The second kappa shape index (κ2) is 7.90. The van der Waals surface area contributed by atoms with Gasteiger partial charge in [0.2, 0.25) is 0 Å². The minimum absolute atomic E-state index is 0.00371. The molecule has 11 nitrogen and oxygen atoms in total. The van der Waals surface area contributed by atoms with Crippen molar-refractivity contribution in [3.63, 3.8) is 0 Å². The molecule has 0 spiro atoms. The first-order chi connectivity index (χ1) is 13.7. The molecule has 152 valence electrons. The number of amides is 1. The van der Waals surface area contributed by atoms with Gasteiger partial charge in [-0.05, 0) is 25.1 Å². The van der Waals surface area contributed by atoms with E-state index in [0.717, 1.165) is 12.1 Å². The molecule has 29 heavy (non-hydrogen) atoms. The van der Waals surface area contributed by atoms with E-state index in [1.165, 1.54) is 25.1 Å². The molecular weight excluding hydrogens is 405 g/mol. The highest BCUT2D eigenvalue weighted by Gasteiger charge is 2.44. The quantitative estimate of drug-likeness (QED) is 0.308. The number of para-hydroxylation sites is 1. The first-order valence-corrected chi connectivity index (χ1v) is 9.83. The number of esters is 1. The van der Waals surface area contributed by atoms with E-state index in [1.807, 2.05) is 0 Å². The summed E-state index contributed by atoms with van der Waals surface area (Å²) in [4.78, 5) is 34.2. The monoisotopic (exact) mass is 421 g/mol. The fourth-order valence-corrected chi connectivity index (χ4v) is 4.01. The Balaban J connectivity index is 1.98. The molecule has 3 rings (SSSR count). The van der Waals surface area contributed by atoms with Crippen LogP contribution in [0, 0.1) is 10.1 Å². The van der Waals surface area contributed by atoms with Crippen LogP contribution >= 0.6 is 7.75 Å². The van der Waals surface area contributed by atoms with Crippen molar-refractivity contribution in [1.29, 1.82) is 0 Å². The highest BCUT2D eigenvalue weighted by atomic mass is 31.2. The zero-order valence-corrected chi connectivity index (χ0v) is 15.9. The van der Waals surface area contributed by atoms with Crippen molar-refractivity contribution in [2.24, 2.45) is 5.73 Å². The number of carbonyl (C=O) groups is 2. The number of primary amides is 1. The minimum atomic E-state index is -4.12. The number of non-ortho nitro benzene ring substituents is 1. The minimum Gasteiger partial charge on any atom is -0.451 e. The van der Waals surface area contributed by atoms with Crippen LogP contribution in [-0.4, -0.2) is 22.9 Å². The number of nitrogens with one attached hydrogen (secondary N) is 1. The van der Waals surface area contributed by atoms with Gasteiger partial charge in [-0.1, -0.05) is 18.2 Å². The smallest absolute Gasteiger partial charge is 0.451 e. The van der Waals surface area contributed by atoms with Crippen LogP contribution in [0.3, 0.4) is 0 Å². The number of fused-ring (bicyclic) bond motifs is 1. The molecule has 12 heteroatoms. The first-order valence-electron chi connectivity index (χ1n) is 8.29. The Morgan fingerprint density at radius 2 is 1.97 bits per heavy atom. The summed E-state index contributed by atoms with van der Waals surface area (Å²) < 4.78 is 28.9. The van der Waals surface area contributed by atoms with Crippen LogP contribution in [0.2, 0.25) is 0 Å². The Morgan fingerprint density at radius 1 is 1.28 bits per heavy atom. The van der Waals surface area contributed by atoms with Crippen molar-refractivity contribution in [3.8, 4) is 11.5 Å². The van der Waals surface area contributed by atoms with Crippen LogP contribution in [0.4, 0.5) is 5.69 Å². The lowest BCUT2D eigenvalue weighted by molar-refractivity contribution is -0.385. The zero-order valence-electron chi connectivity index (χ0n) is 15.0. The van der Waals surface area contributed by atoms with Crippen molar-refractivity contribution in [3.05, 3.63) is 64.2 Å². The van der Waals surface area contributed by atoms with Gasteiger partial charge in [0.05, 0.1) is 4.92 Å². The number of rotatable bonds is 6. The number of nitro groups is 1. The van der Waals surface area contributed by atoms with Crippen LogP contribution in [0.25, 0.3) is 0 Å². The fourth-order valence-electron chi connectivity index (χ4n) is 2.49. The summed E-state index contributed by atoms with van der Waals surface area (Å²) in [5, 5.41) is 13.5. The molecule has 0 bridgehead atoms. The maximum Gasteiger partial charge on any atom is 0.513 e. The van der Waals surface area contributed by atoms with Crippen molar-refractivity contribution in [1.82, 2.24) is 5.09 Å². The van der Waals surface area contributed by atoms with Gasteiger partial charge >= 0.3 is 13.7 Å². The molecular formula is C17H16N3O8P. The largest absolute Gasteiger partial charge is 0.513 e. The molecule has 0 saturated heterocycles. The van der Waals surface area contributed by atoms with Crippen LogP contribution in [0.5, 0.6) is 11.5 Å². The first kappa shape index (κ1) is 20.3. The predicted octanol–water partition coefficient (Wildman–Crippen LogP) is 2.22. The molecule has 0 saturated carbocycles. The van der Waals surface area contributed by atoms with Gasteiger partial charge in [0.1, 0.15) is 17.5 Å². The molecule has 2 aromatic rings. The van der Waals surface area contributed by atoms with E-state index in [1.54, 1.807) is 18.2 Å². The second-order valence-electron chi connectivity index (χ2n) is 6.02. The zero-order chi connectivity index (χ0) is 21.2. The molecule has 3 atom stereocenters. The summed E-state index contributed by atoms with van der Waals surface area (Å²) in [5.74, 6) is -1.79. The Labute approximate surface area is 164 Å². The highest BCUT2D eigenvalue weighted by molar-refractivity contribution is 7.52. The van der Waals surface area contributed by atoms with Crippen LogP contribution < -0.4 is 19.9 Å². The summed E-state index contributed by atoms with van der Waals surface area (Å²) in [5.41, 5.74) is 4.78. The van der Waals surface area contributed by atoms with Crippen LogP contribution in [-0.2, 0) is 18.9 Å². The molecule has 0 radical (unpaired) electrons. The Hall–Kier alpha value is -3.43. The summed E-state index contributed by atoms with van der Waals surface area (Å²) in [6.07, 6.45) is -1.27. The molecule has 1 heterocycles. The Morgan fingerprint density at radius 3 is 2.59 bits per heavy atom. The third-order valence-corrected chi connectivity index (χ3v) is 5.38. The van der Waals surface area contributed by atoms with E-state index < -0.39 is 36.7 Å². The molecule has 1 aliphatic rings. The molecule has 0 aliphatic carbocycles. The van der Waals surface area contributed by atoms with Gasteiger partial charge in [-0.15, -0.1) is 0 Å². The van der Waals surface area contributed by atoms with Crippen molar-refractivity contribution < 1.29 is 32.9 Å². The molecule has 0 aromatic heterocycles. The molecule has 2 aromatic carbocycles. The standard InChI is InChI=1S/C17H16N3O8P/c1-10(16(18)21)26-17(22)15-13-9-11(20(23)24)7-8-14(13)28-29(25,19-15)27-12-5-3-2-4-6-12/h2-10,15H,1H3,(H2,18,21)(H,19,25)/t10-,15-,29?/m0/s1. The Kier molecular flexibility index (Phi) is 5.53. The maximum atomic E-state index is 13.1. The van der Waals surface area contributed by atoms with Crippen LogP contribution in [0.1, 0.15) is 18.5 Å². The molecule has 1 amide bonds. The predicted molar refractivity (Wildman–Crippen MR) is 99.0 cm³/mol. The van der Waals surface area contributed by atoms with Crippen molar-refractivity contribution >= 4 is 25.3 Å². The Bertz CT molecular complexity index is 1010. The molecule has 3 N–H and O–H groups in total. The van der Waals surface area contributed by atoms with Crippen molar-refractivity contribution in [2.75, 3.05) is 0 Å².